The molecule has 3 unspecified atom stereocenters. The maximum atomic E-state index is 10.2. The number of aliphatic hydroxyl groups is 2. The predicted molar refractivity (Wildman–Crippen MR) is 168 cm³/mol. The third kappa shape index (κ3) is 13.7. The topological polar surface area (TPSA) is 180 Å². The van der Waals surface area contributed by atoms with Gasteiger partial charge in [-0.1, -0.05) is 72.8 Å². The molecule has 0 amide bonds. The van der Waals surface area contributed by atoms with Gasteiger partial charge in [0.05, 0.1) is 29.9 Å². The van der Waals surface area contributed by atoms with Crippen molar-refractivity contribution in [3.63, 3.8) is 0 Å². The first kappa shape index (κ1) is 36.6. The van der Waals surface area contributed by atoms with Crippen LogP contribution in [0.3, 0.4) is 0 Å². The van der Waals surface area contributed by atoms with Gasteiger partial charge in [0.15, 0.2) is 11.3 Å². The van der Waals surface area contributed by atoms with Crippen LogP contribution in [0.2, 0.25) is 0 Å². The first-order valence-electron chi connectivity index (χ1n) is 13.3. The van der Waals surface area contributed by atoms with Gasteiger partial charge in [0, 0.05) is 0 Å². The predicted octanol–water partition coefficient (Wildman–Crippen LogP) is 5.04. The lowest BCUT2D eigenvalue weighted by molar-refractivity contribution is -0.0776. The quantitative estimate of drug-likeness (QED) is 0.0953. The van der Waals surface area contributed by atoms with E-state index in [1.165, 1.54) is 0 Å². The van der Waals surface area contributed by atoms with Crippen LogP contribution in [0.4, 0.5) is 0 Å². The lowest BCUT2D eigenvalue weighted by Crippen LogP contribution is -2.41. The molecule has 1 aliphatic heterocycles. The highest BCUT2D eigenvalue weighted by atomic mass is 79.9. The van der Waals surface area contributed by atoms with E-state index in [0.717, 1.165) is 0 Å². The number of ether oxygens (including phenoxy) is 3. The Labute approximate surface area is 268 Å². The molecule has 0 aliphatic carbocycles. The molecule has 1 aliphatic rings. The minimum Gasteiger partial charge on any atom is -0.478 e. The Balaban J connectivity index is 0.000000223. The molecule has 1 fully saturated rings. The first-order chi connectivity index (χ1) is 21.5. The van der Waals surface area contributed by atoms with Gasteiger partial charge in [0.25, 0.3) is 0 Å². The zero-order valence-corrected chi connectivity index (χ0v) is 25.5. The van der Waals surface area contributed by atoms with E-state index in [9.17, 15) is 24.6 Å². The average Bonchev–Trinajstić information content (AvgIpc) is 3.33. The highest BCUT2D eigenvalue weighted by molar-refractivity contribution is 9.10. The second-order valence-electron chi connectivity index (χ2n) is 9.05. The number of hydrogen-bond acceptors (Lipinski definition) is 8. The van der Waals surface area contributed by atoms with Crippen LogP contribution in [0.15, 0.2) is 121 Å². The summed E-state index contributed by atoms with van der Waals surface area (Å²) in [5, 5.41) is 44.2. The summed E-state index contributed by atoms with van der Waals surface area (Å²) >= 11 is 3.23. The molecule has 4 aromatic rings. The second-order valence-corrected chi connectivity index (χ2v) is 10.4. The number of halogens is 1. The molecule has 5 rings (SSSR count). The number of carboxylic acids is 3. The lowest BCUT2D eigenvalue weighted by atomic mass is 10.1. The van der Waals surface area contributed by atoms with Gasteiger partial charge in [0.2, 0.25) is 0 Å². The van der Waals surface area contributed by atoms with E-state index in [0.29, 0.717) is 22.4 Å². The summed E-state index contributed by atoms with van der Waals surface area (Å²) in [6, 6.07) is 34.1. The van der Waals surface area contributed by atoms with Crippen LogP contribution in [-0.2, 0) is 9.47 Å². The first-order valence-corrected chi connectivity index (χ1v) is 14.1. The van der Waals surface area contributed by atoms with Crippen molar-refractivity contribution >= 4 is 33.8 Å². The molecule has 0 spiro atoms. The molecule has 0 aromatic heterocycles. The minimum atomic E-state index is -1.06. The van der Waals surface area contributed by atoms with Gasteiger partial charge in [-0.05, 0) is 64.5 Å². The fourth-order valence-corrected chi connectivity index (χ4v) is 3.96. The van der Waals surface area contributed by atoms with Crippen LogP contribution in [0, 0.1) is 0 Å². The fraction of sp³-hybridized carbons (Fsp3) is 0.182. The smallest absolute Gasteiger partial charge is 0.335 e. The van der Waals surface area contributed by atoms with Crippen molar-refractivity contribution in [1.82, 2.24) is 0 Å². The van der Waals surface area contributed by atoms with E-state index in [-0.39, 0.29) is 20.0 Å². The molecule has 4 aromatic carbocycles. The van der Waals surface area contributed by atoms with E-state index in [2.05, 4.69) is 15.9 Å². The monoisotopic (exact) mass is 684 g/mol. The van der Waals surface area contributed by atoms with Crippen molar-refractivity contribution in [2.75, 3.05) is 20.0 Å². The molecule has 45 heavy (non-hydrogen) atoms. The highest BCUT2D eigenvalue weighted by Crippen LogP contribution is 2.33. The summed E-state index contributed by atoms with van der Waals surface area (Å²) in [4.78, 5) is 30.6. The van der Waals surface area contributed by atoms with Gasteiger partial charge >= 0.3 is 17.9 Å². The van der Waals surface area contributed by atoms with E-state index >= 15 is 0 Å². The Morgan fingerprint density at radius 3 is 1.31 bits per heavy atom. The van der Waals surface area contributed by atoms with Crippen LogP contribution in [0.1, 0.15) is 31.1 Å². The molecule has 5 N–H and O–H groups in total. The number of aliphatic hydroxyl groups excluding tert-OH is 2. The van der Waals surface area contributed by atoms with Crippen LogP contribution < -0.4 is 4.74 Å². The molecule has 0 bridgehead atoms. The van der Waals surface area contributed by atoms with E-state index in [1.807, 2.05) is 30.3 Å². The molecule has 11 nitrogen and oxygen atoms in total. The number of hydrogen-bond donors (Lipinski definition) is 5. The average molecular weight is 686 g/mol. The minimum absolute atomic E-state index is 0.0452. The fourth-order valence-electron chi connectivity index (χ4n) is 3.36. The number of rotatable bonds is 8. The van der Waals surface area contributed by atoms with Gasteiger partial charge in [-0.2, -0.15) is 0 Å². The third-order valence-corrected chi connectivity index (χ3v) is 6.64. The van der Waals surface area contributed by atoms with Gasteiger partial charge in [-0.25, -0.2) is 14.4 Å². The van der Waals surface area contributed by atoms with Crippen molar-refractivity contribution < 1.29 is 54.1 Å². The van der Waals surface area contributed by atoms with Crippen LogP contribution in [0.5, 0.6) is 5.75 Å². The molecule has 1 saturated heterocycles. The number of aromatic carboxylic acids is 3. The Morgan fingerprint density at radius 1 is 0.667 bits per heavy atom. The molecule has 0 saturated carbocycles. The number of alkyl halides is 1. The van der Waals surface area contributed by atoms with Crippen LogP contribution in [0.25, 0.3) is 0 Å². The summed E-state index contributed by atoms with van der Waals surface area (Å²) in [5.74, 6) is -1.93. The van der Waals surface area contributed by atoms with Gasteiger partial charge in [0.1, 0.15) is 18.0 Å². The SMILES string of the molecule is O=C(O)c1ccccc1.O=C(O)c1ccccc1.O=C(O)c1ccccc1.OC1COC(Br)(COCOc2ccccc2)C1O. The Bertz CT molecular complexity index is 1310. The molecule has 1 heterocycles. The summed E-state index contributed by atoms with van der Waals surface area (Å²) in [6.45, 7) is 0.205. The number of benzene rings is 4. The number of carboxylic acid groups (broad SMARTS) is 3. The van der Waals surface area contributed by atoms with Crippen molar-refractivity contribution in [3.8, 4) is 5.75 Å². The summed E-state index contributed by atoms with van der Waals surface area (Å²) < 4.78 is 14.8. The normalized spacial score (nSPS) is 17.9. The van der Waals surface area contributed by atoms with E-state index in [4.69, 9.17) is 29.5 Å². The molecule has 0 radical (unpaired) electrons. The third-order valence-electron chi connectivity index (χ3n) is 5.71. The number of carbonyl (C=O) groups is 3. The van der Waals surface area contributed by atoms with Crippen molar-refractivity contribution in [2.45, 2.75) is 16.7 Å². The lowest BCUT2D eigenvalue weighted by Gasteiger charge is -2.24. The maximum Gasteiger partial charge on any atom is 0.335 e. The maximum absolute atomic E-state index is 10.2. The molecule has 12 heteroatoms. The second kappa shape index (κ2) is 19.6. The van der Waals surface area contributed by atoms with Crippen molar-refractivity contribution in [1.29, 1.82) is 0 Å². The molecular weight excluding hydrogens is 652 g/mol. The molecular formula is C33H33BrO11. The Morgan fingerprint density at radius 2 is 1.02 bits per heavy atom. The summed E-state index contributed by atoms with van der Waals surface area (Å²) in [7, 11) is 0. The largest absolute Gasteiger partial charge is 0.478 e. The molecule has 3 atom stereocenters. The zero-order chi connectivity index (χ0) is 33.1. The van der Waals surface area contributed by atoms with Crippen molar-refractivity contribution in [2.24, 2.45) is 0 Å². The highest BCUT2D eigenvalue weighted by Gasteiger charge is 2.47. The van der Waals surface area contributed by atoms with Crippen LogP contribution in [-0.4, -0.2) is 80.2 Å². The Kier molecular flexibility index (Phi) is 16.0. The number of para-hydroxylation sites is 1. The summed E-state index contributed by atoms with van der Waals surface area (Å²) in [6.07, 6.45) is -1.92. The van der Waals surface area contributed by atoms with Crippen LogP contribution >= 0.6 is 15.9 Å². The molecule has 238 valence electrons. The van der Waals surface area contributed by atoms with E-state index in [1.54, 1.807) is 91.0 Å². The standard InChI is InChI=1S/C12H15BrO5.3C7H6O2/c13-12(11(15)10(14)6-18-12)7-16-8-17-9-4-2-1-3-5-9;3*8-7(9)6-4-2-1-3-5-6/h1-5,10-11,14-15H,6-8H2;3*1-5H,(H,8,9). The van der Waals surface area contributed by atoms with Gasteiger partial charge in [-0.3, -0.25) is 0 Å². The van der Waals surface area contributed by atoms with E-state index < -0.39 is 34.6 Å². The van der Waals surface area contributed by atoms with Crippen molar-refractivity contribution in [3.05, 3.63) is 138 Å². The zero-order valence-electron chi connectivity index (χ0n) is 23.9. The summed E-state index contributed by atoms with van der Waals surface area (Å²) in [5.41, 5.74) is 0.993. The Hall–Kier alpha value is -4.59. The van der Waals surface area contributed by atoms with Gasteiger partial charge in [-0.15, -0.1) is 0 Å². The van der Waals surface area contributed by atoms with Gasteiger partial charge < -0.3 is 39.7 Å².